The molecule has 0 aliphatic carbocycles. The van der Waals surface area contributed by atoms with Crippen molar-refractivity contribution in [2.45, 2.75) is 38.4 Å². The van der Waals surface area contributed by atoms with Crippen LogP contribution in [0.4, 0.5) is 0 Å². The van der Waals surface area contributed by atoms with Gasteiger partial charge >= 0.3 is 0 Å². The van der Waals surface area contributed by atoms with E-state index in [4.69, 9.17) is 9.47 Å². The number of ether oxygens (including phenoxy) is 2. The Bertz CT molecular complexity index is 596. The molecule has 0 saturated carbocycles. The molecule has 128 valence electrons. The monoisotopic (exact) mass is 341 g/mol. The van der Waals surface area contributed by atoms with E-state index in [1.807, 2.05) is 30.3 Å². The standard InChI is InChI=1S/C16H23NO5S/c1-13(22-12-15-8-5-10-21-15)16(18)17-23(19,20)11-9-14-6-3-2-4-7-14/h2-4,6-7,13,15H,5,8-12H2,1H3,(H,17,18)/t13-,15+/m0/s1. The zero-order valence-electron chi connectivity index (χ0n) is 13.2. The van der Waals surface area contributed by atoms with Gasteiger partial charge in [0, 0.05) is 6.61 Å². The third-order valence-electron chi connectivity index (χ3n) is 3.68. The fourth-order valence-electron chi connectivity index (χ4n) is 2.29. The van der Waals surface area contributed by atoms with Crippen LogP contribution >= 0.6 is 0 Å². The number of amides is 1. The first-order chi connectivity index (χ1) is 11.0. The van der Waals surface area contributed by atoms with Crippen LogP contribution in [0.15, 0.2) is 30.3 Å². The zero-order chi connectivity index (χ0) is 16.7. The molecule has 0 bridgehead atoms. The van der Waals surface area contributed by atoms with Crippen molar-refractivity contribution >= 4 is 15.9 Å². The molecule has 1 aliphatic rings. The Hall–Kier alpha value is -1.44. The van der Waals surface area contributed by atoms with E-state index in [-0.39, 0.29) is 11.9 Å². The summed E-state index contributed by atoms with van der Waals surface area (Å²) in [5, 5.41) is 0. The van der Waals surface area contributed by atoms with Crippen LogP contribution in [0.5, 0.6) is 0 Å². The summed E-state index contributed by atoms with van der Waals surface area (Å²) in [6.07, 6.45) is 1.42. The van der Waals surface area contributed by atoms with Crippen molar-refractivity contribution in [3.05, 3.63) is 35.9 Å². The summed E-state index contributed by atoms with van der Waals surface area (Å²) >= 11 is 0. The van der Waals surface area contributed by atoms with E-state index in [1.165, 1.54) is 6.92 Å². The van der Waals surface area contributed by atoms with E-state index in [0.717, 1.165) is 18.4 Å². The fraction of sp³-hybridized carbons (Fsp3) is 0.562. The molecule has 1 saturated heterocycles. The first kappa shape index (κ1) is 17.9. The van der Waals surface area contributed by atoms with Crippen LogP contribution in [0.2, 0.25) is 0 Å². The van der Waals surface area contributed by atoms with Gasteiger partial charge in [-0.05, 0) is 31.7 Å². The number of sulfonamides is 1. The van der Waals surface area contributed by atoms with Gasteiger partial charge < -0.3 is 9.47 Å². The summed E-state index contributed by atoms with van der Waals surface area (Å²) in [7, 11) is -3.67. The van der Waals surface area contributed by atoms with Crippen LogP contribution in [0.25, 0.3) is 0 Å². The highest BCUT2D eigenvalue weighted by Crippen LogP contribution is 2.12. The van der Waals surface area contributed by atoms with Crippen LogP contribution in [0.3, 0.4) is 0 Å². The number of hydrogen-bond donors (Lipinski definition) is 1. The largest absolute Gasteiger partial charge is 0.376 e. The molecule has 1 heterocycles. The second-order valence-corrected chi connectivity index (χ2v) is 7.47. The number of nitrogens with one attached hydrogen (secondary N) is 1. The lowest BCUT2D eigenvalue weighted by Crippen LogP contribution is -2.40. The van der Waals surface area contributed by atoms with Gasteiger partial charge in [-0.1, -0.05) is 30.3 Å². The van der Waals surface area contributed by atoms with E-state index in [1.54, 1.807) is 0 Å². The Morgan fingerprint density at radius 1 is 1.39 bits per heavy atom. The predicted octanol–water partition coefficient (Wildman–Crippen LogP) is 1.26. The summed E-state index contributed by atoms with van der Waals surface area (Å²) in [5.41, 5.74) is 0.910. The highest BCUT2D eigenvalue weighted by Gasteiger charge is 2.23. The smallest absolute Gasteiger partial charge is 0.262 e. The van der Waals surface area contributed by atoms with Crippen molar-refractivity contribution < 1.29 is 22.7 Å². The summed E-state index contributed by atoms with van der Waals surface area (Å²) in [4.78, 5) is 11.9. The maximum atomic E-state index is 12.0. The van der Waals surface area contributed by atoms with Gasteiger partial charge in [0.1, 0.15) is 6.10 Å². The quantitative estimate of drug-likeness (QED) is 0.770. The predicted molar refractivity (Wildman–Crippen MR) is 86.5 cm³/mol. The molecule has 2 atom stereocenters. The molecule has 23 heavy (non-hydrogen) atoms. The van der Waals surface area contributed by atoms with Gasteiger partial charge in [0.2, 0.25) is 10.0 Å². The SMILES string of the molecule is C[C@H](OC[C@H]1CCCO1)C(=O)NS(=O)(=O)CCc1ccccc1. The van der Waals surface area contributed by atoms with Gasteiger partial charge in [0.25, 0.3) is 5.91 Å². The topological polar surface area (TPSA) is 81.7 Å². The number of carbonyl (C=O) groups is 1. The third kappa shape index (κ3) is 6.29. The van der Waals surface area contributed by atoms with E-state index in [9.17, 15) is 13.2 Å². The second-order valence-electron chi connectivity index (χ2n) is 5.63. The summed E-state index contributed by atoms with van der Waals surface area (Å²) < 4.78 is 36.8. The number of hydrogen-bond acceptors (Lipinski definition) is 5. The molecule has 0 spiro atoms. The molecule has 0 radical (unpaired) electrons. The van der Waals surface area contributed by atoms with E-state index in [2.05, 4.69) is 4.72 Å². The number of rotatable bonds is 8. The molecule has 2 rings (SSSR count). The molecule has 1 amide bonds. The van der Waals surface area contributed by atoms with E-state index >= 15 is 0 Å². The van der Waals surface area contributed by atoms with Crippen LogP contribution in [0.1, 0.15) is 25.3 Å². The van der Waals surface area contributed by atoms with Gasteiger partial charge in [-0.2, -0.15) is 0 Å². The van der Waals surface area contributed by atoms with Crippen molar-refractivity contribution in [3.8, 4) is 0 Å². The molecule has 1 aromatic carbocycles. The molecule has 1 fully saturated rings. The molecule has 1 aromatic rings. The molecule has 7 heteroatoms. The van der Waals surface area contributed by atoms with E-state index in [0.29, 0.717) is 19.6 Å². The Morgan fingerprint density at radius 3 is 2.78 bits per heavy atom. The van der Waals surface area contributed by atoms with Crippen LogP contribution in [0, 0.1) is 0 Å². The van der Waals surface area contributed by atoms with Gasteiger partial charge in [0.15, 0.2) is 0 Å². The number of carbonyl (C=O) groups excluding carboxylic acids is 1. The minimum atomic E-state index is -3.67. The lowest BCUT2D eigenvalue weighted by atomic mass is 10.2. The second kappa shape index (κ2) is 8.42. The van der Waals surface area contributed by atoms with Crippen molar-refractivity contribution in [3.63, 3.8) is 0 Å². The average Bonchev–Trinajstić information content (AvgIpc) is 3.05. The summed E-state index contributed by atoms with van der Waals surface area (Å²) in [6, 6.07) is 9.27. The highest BCUT2D eigenvalue weighted by molar-refractivity contribution is 7.90. The molecule has 0 unspecified atom stereocenters. The summed E-state index contributed by atoms with van der Waals surface area (Å²) in [5.74, 6) is -0.780. The first-order valence-corrected chi connectivity index (χ1v) is 9.43. The zero-order valence-corrected chi connectivity index (χ0v) is 14.1. The van der Waals surface area contributed by atoms with Crippen LogP contribution in [-0.2, 0) is 30.7 Å². The molecule has 1 aliphatic heterocycles. The first-order valence-electron chi connectivity index (χ1n) is 7.78. The normalized spacial score (nSPS) is 19.4. The van der Waals surface area contributed by atoms with Crippen LogP contribution < -0.4 is 4.72 Å². The van der Waals surface area contributed by atoms with E-state index < -0.39 is 22.0 Å². The third-order valence-corrected chi connectivity index (χ3v) is 4.94. The highest BCUT2D eigenvalue weighted by atomic mass is 32.2. The molecule has 6 nitrogen and oxygen atoms in total. The minimum Gasteiger partial charge on any atom is -0.376 e. The molecule has 1 N–H and O–H groups in total. The van der Waals surface area contributed by atoms with Gasteiger partial charge in [-0.25, -0.2) is 8.42 Å². The van der Waals surface area contributed by atoms with Crippen molar-refractivity contribution in [1.29, 1.82) is 0 Å². The Labute approximate surface area is 137 Å². The lowest BCUT2D eigenvalue weighted by Gasteiger charge is -2.16. The Kier molecular flexibility index (Phi) is 6.56. The Balaban J connectivity index is 1.75. The van der Waals surface area contributed by atoms with Crippen LogP contribution in [-0.4, -0.2) is 45.5 Å². The maximum absolute atomic E-state index is 12.0. The minimum absolute atomic E-state index is 0.0000576. The van der Waals surface area contributed by atoms with Gasteiger partial charge in [-0.15, -0.1) is 0 Å². The van der Waals surface area contributed by atoms with Gasteiger partial charge in [-0.3, -0.25) is 9.52 Å². The maximum Gasteiger partial charge on any atom is 0.262 e. The molecular weight excluding hydrogens is 318 g/mol. The fourth-order valence-corrected chi connectivity index (χ4v) is 3.37. The average molecular weight is 341 g/mol. The van der Waals surface area contributed by atoms with Gasteiger partial charge in [0.05, 0.1) is 18.5 Å². The van der Waals surface area contributed by atoms with Crippen molar-refractivity contribution in [2.24, 2.45) is 0 Å². The molecular formula is C16H23NO5S. The number of aryl methyl sites for hydroxylation is 1. The molecule has 0 aromatic heterocycles. The lowest BCUT2D eigenvalue weighted by molar-refractivity contribution is -0.131. The Morgan fingerprint density at radius 2 is 2.13 bits per heavy atom. The number of benzene rings is 1. The van der Waals surface area contributed by atoms with Crippen molar-refractivity contribution in [2.75, 3.05) is 19.0 Å². The van der Waals surface area contributed by atoms with Crippen molar-refractivity contribution in [1.82, 2.24) is 4.72 Å². The summed E-state index contributed by atoms with van der Waals surface area (Å²) in [6.45, 7) is 2.55.